The summed E-state index contributed by atoms with van der Waals surface area (Å²) in [5.74, 6) is -0.544. The molecule has 1 heterocycles. The van der Waals surface area contributed by atoms with Crippen LogP contribution in [0.1, 0.15) is 5.76 Å². The van der Waals surface area contributed by atoms with Crippen LogP contribution in [0.5, 0.6) is 0 Å². The first-order valence-corrected chi connectivity index (χ1v) is 8.07. The number of sulfonamides is 1. The molecule has 0 bridgehead atoms. The zero-order chi connectivity index (χ0) is 16.3. The Bertz CT molecular complexity index is 788. The van der Waals surface area contributed by atoms with E-state index in [9.17, 15) is 17.6 Å². The number of hydrogen-bond acceptors (Lipinski definition) is 5. The van der Waals surface area contributed by atoms with Gasteiger partial charge in [-0.15, -0.1) is 0 Å². The predicted octanol–water partition coefficient (Wildman–Crippen LogP) is 1.53. The molecule has 0 unspecified atom stereocenters. The van der Waals surface area contributed by atoms with Crippen LogP contribution in [-0.2, 0) is 14.8 Å². The molecule has 0 aliphatic rings. The van der Waals surface area contributed by atoms with E-state index >= 15 is 0 Å². The number of carbonyl (C=O) groups is 1. The lowest BCUT2D eigenvalue weighted by molar-refractivity contribution is -0.114. The molecule has 7 nitrogen and oxygen atoms in total. The molecule has 0 aliphatic heterocycles. The lowest BCUT2D eigenvalue weighted by atomic mass is 10.3. The molecular formula is C13H14FN3O4S. The topological polar surface area (TPSA) is 92.5 Å². The third kappa shape index (κ3) is 4.04. The lowest BCUT2D eigenvalue weighted by Gasteiger charge is -2.21. The van der Waals surface area contributed by atoms with Crippen LogP contribution in [0.3, 0.4) is 0 Å². The molecule has 0 radical (unpaired) electrons. The van der Waals surface area contributed by atoms with Gasteiger partial charge in [0.05, 0.1) is 11.9 Å². The number of carbonyl (C=O) groups excluding carboxylic acids is 1. The summed E-state index contributed by atoms with van der Waals surface area (Å²) in [4.78, 5) is 11.9. The molecule has 2 aromatic rings. The van der Waals surface area contributed by atoms with Gasteiger partial charge in [0, 0.05) is 6.07 Å². The summed E-state index contributed by atoms with van der Waals surface area (Å²) in [6.45, 7) is 1.15. The highest BCUT2D eigenvalue weighted by atomic mass is 32.2. The van der Waals surface area contributed by atoms with Crippen LogP contribution >= 0.6 is 0 Å². The normalized spacial score (nSPS) is 11.2. The average Bonchev–Trinajstić information content (AvgIpc) is 2.80. The molecule has 0 spiro atoms. The quantitative estimate of drug-likeness (QED) is 0.899. The summed E-state index contributed by atoms with van der Waals surface area (Å²) in [7, 11) is -3.75. The fourth-order valence-electron chi connectivity index (χ4n) is 1.77. The van der Waals surface area contributed by atoms with Crippen molar-refractivity contribution in [2.24, 2.45) is 0 Å². The van der Waals surface area contributed by atoms with E-state index in [1.807, 2.05) is 0 Å². The maximum absolute atomic E-state index is 13.3. The summed E-state index contributed by atoms with van der Waals surface area (Å²) in [5, 5.41) is 5.98. The maximum Gasteiger partial charge on any atom is 0.246 e. The molecule has 1 aromatic carbocycles. The van der Waals surface area contributed by atoms with Crippen molar-refractivity contribution >= 4 is 27.4 Å². The summed E-state index contributed by atoms with van der Waals surface area (Å²) in [6, 6.07) is 6.47. The number of benzene rings is 1. The molecule has 22 heavy (non-hydrogen) atoms. The van der Waals surface area contributed by atoms with E-state index in [1.165, 1.54) is 24.3 Å². The Kier molecular flexibility index (Phi) is 4.45. The largest absolute Gasteiger partial charge is 0.360 e. The van der Waals surface area contributed by atoms with E-state index in [-0.39, 0.29) is 11.5 Å². The number of rotatable bonds is 5. The molecule has 0 aliphatic carbocycles. The predicted molar refractivity (Wildman–Crippen MR) is 78.5 cm³/mol. The highest BCUT2D eigenvalue weighted by Gasteiger charge is 2.21. The van der Waals surface area contributed by atoms with Crippen LogP contribution in [0.2, 0.25) is 0 Å². The molecule has 1 aromatic heterocycles. The van der Waals surface area contributed by atoms with Gasteiger partial charge in [0.15, 0.2) is 5.82 Å². The molecule has 9 heteroatoms. The molecule has 0 fully saturated rings. The van der Waals surface area contributed by atoms with Crippen LogP contribution in [0.15, 0.2) is 34.9 Å². The van der Waals surface area contributed by atoms with Gasteiger partial charge in [-0.3, -0.25) is 9.10 Å². The zero-order valence-corrected chi connectivity index (χ0v) is 12.7. The summed E-state index contributed by atoms with van der Waals surface area (Å²) >= 11 is 0. The van der Waals surface area contributed by atoms with Gasteiger partial charge in [-0.25, -0.2) is 12.8 Å². The van der Waals surface area contributed by atoms with Gasteiger partial charge in [-0.1, -0.05) is 11.2 Å². The maximum atomic E-state index is 13.3. The number of hydrogen-bond donors (Lipinski definition) is 1. The van der Waals surface area contributed by atoms with Crippen molar-refractivity contribution in [1.82, 2.24) is 5.16 Å². The number of nitrogens with zero attached hydrogens (tertiary/aromatic N) is 2. The van der Waals surface area contributed by atoms with Gasteiger partial charge in [0.2, 0.25) is 15.9 Å². The second-order valence-electron chi connectivity index (χ2n) is 4.62. The van der Waals surface area contributed by atoms with E-state index in [1.54, 1.807) is 6.92 Å². The molecule has 0 atom stereocenters. The van der Waals surface area contributed by atoms with Crippen LogP contribution in [-0.4, -0.2) is 32.3 Å². The Labute approximate surface area is 126 Å². The summed E-state index contributed by atoms with van der Waals surface area (Å²) in [6.07, 6.45) is 0.936. The minimum absolute atomic E-state index is 0.0639. The van der Waals surface area contributed by atoms with Gasteiger partial charge < -0.3 is 9.84 Å². The van der Waals surface area contributed by atoms with Crippen molar-refractivity contribution in [2.75, 3.05) is 22.4 Å². The van der Waals surface area contributed by atoms with Crippen LogP contribution < -0.4 is 9.62 Å². The molecule has 1 amide bonds. The van der Waals surface area contributed by atoms with Gasteiger partial charge >= 0.3 is 0 Å². The van der Waals surface area contributed by atoms with Crippen molar-refractivity contribution in [3.05, 3.63) is 41.9 Å². The van der Waals surface area contributed by atoms with Crippen molar-refractivity contribution in [2.45, 2.75) is 6.92 Å². The SMILES string of the molecule is Cc1cc(NC(=O)CN(c2cccc(F)c2)S(C)(=O)=O)no1. The number of anilines is 2. The van der Waals surface area contributed by atoms with E-state index in [4.69, 9.17) is 4.52 Å². The molecule has 1 N–H and O–H groups in total. The Morgan fingerprint density at radius 1 is 1.41 bits per heavy atom. The lowest BCUT2D eigenvalue weighted by Crippen LogP contribution is -2.37. The third-order valence-electron chi connectivity index (χ3n) is 2.68. The molecule has 2 rings (SSSR count). The standard InChI is InChI=1S/C13H14FN3O4S/c1-9-6-12(16-21-9)15-13(18)8-17(22(2,19)20)11-5-3-4-10(14)7-11/h3-7H,8H2,1-2H3,(H,15,16,18). The highest BCUT2D eigenvalue weighted by molar-refractivity contribution is 7.92. The zero-order valence-electron chi connectivity index (χ0n) is 11.9. The molecule has 118 valence electrons. The van der Waals surface area contributed by atoms with E-state index in [2.05, 4.69) is 10.5 Å². The number of aryl methyl sites for hydroxylation is 1. The Morgan fingerprint density at radius 3 is 2.68 bits per heavy atom. The van der Waals surface area contributed by atoms with Gasteiger partial charge in [-0.2, -0.15) is 0 Å². The first kappa shape index (κ1) is 16.0. The summed E-state index contributed by atoms with van der Waals surface area (Å²) < 4.78 is 42.5. The second-order valence-corrected chi connectivity index (χ2v) is 6.53. The Balaban J connectivity index is 2.19. The van der Waals surface area contributed by atoms with Crippen molar-refractivity contribution in [3.63, 3.8) is 0 Å². The fraction of sp³-hybridized carbons (Fsp3) is 0.231. The third-order valence-corrected chi connectivity index (χ3v) is 3.82. The van der Waals surface area contributed by atoms with Gasteiger partial charge in [0.1, 0.15) is 18.1 Å². The van der Waals surface area contributed by atoms with Crippen LogP contribution in [0.4, 0.5) is 15.9 Å². The van der Waals surface area contributed by atoms with Crippen molar-refractivity contribution in [1.29, 1.82) is 0 Å². The Morgan fingerprint density at radius 2 is 2.14 bits per heavy atom. The number of aromatic nitrogens is 1. The first-order chi connectivity index (χ1) is 10.3. The summed E-state index contributed by atoms with van der Waals surface area (Å²) in [5.41, 5.74) is 0.0639. The number of halogens is 1. The monoisotopic (exact) mass is 327 g/mol. The van der Waals surface area contributed by atoms with E-state index in [0.29, 0.717) is 5.76 Å². The molecular weight excluding hydrogens is 313 g/mol. The number of amides is 1. The van der Waals surface area contributed by atoms with Gasteiger partial charge in [0.25, 0.3) is 0 Å². The van der Waals surface area contributed by atoms with E-state index < -0.39 is 28.3 Å². The molecule has 0 saturated carbocycles. The van der Waals surface area contributed by atoms with Gasteiger partial charge in [-0.05, 0) is 25.1 Å². The van der Waals surface area contributed by atoms with Crippen LogP contribution in [0, 0.1) is 12.7 Å². The number of nitrogens with one attached hydrogen (secondary N) is 1. The fourth-order valence-corrected chi connectivity index (χ4v) is 2.62. The highest BCUT2D eigenvalue weighted by Crippen LogP contribution is 2.18. The minimum Gasteiger partial charge on any atom is -0.360 e. The van der Waals surface area contributed by atoms with E-state index in [0.717, 1.165) is 16.6 Å². The minimum atomic E-state index is -3.75. The smallest absolute Gasteiger partial charge is 0.246 e. The van der Waals surface area contributed by atoms with Crippen molar-refractivity contribution in [3.8, 4) is 0 Å². The van der Waals surface area contributed by atoms with Crippen LogP contribution in [0.25, 0.3) is 0 Å². The Hall–Kier alpha value is -2.42. The average molecular weight is 327 g/mol. The van der Waals surface area contributed by atoms with Crippen molar-refractivity contribution < 1.29 is 22.1 Å². The molecule has 0 saturated heterocycles. The first-order valence-electron chi connectivity index (χ1n) is 6.22. The second kappa shape index (κ2) is 6.14.